The van der Waals surface area contributed by atoms with Gasteiger partial charge in [-0.05, 0) is 41.5 Å². The first-order valence-electron chi connectivity index (χ1n) is 4.25. The van der Waals surface area contributed by atoms with Gasteiger partial charge in [0.2, 0.25) is 0 Å². The molecule has 0 spiro atoms. The van der Waals surface area contributed by atoms with Crippen molar-refractivity contribution in [3.05, 3.63) is 22.6 Å². The van der Waals surface area contributed by atoms with E-state index in [-0.39, 0.29) is 0 Å². The van der Waals surface area contributed by atoms with Gasteiger partial charge in [0.15, 0.2) is 4.67 Å². The first-order chi connectivity index (χ1) is 6.06. The van der Waals surface area contributed by atoms with Crippen LogP contribution in [0.25, 0.3) is 0 Å². The maximum Gasteiger partial charge on any atom is 0.169 e. The second kappa shape index (κ2) is 4.26. The largest absolute Gasteiger partial charge is 0.451 e. The molecule has 0 saturated carbocycles. The zero-order valence-corrected chi connectivity index (χ0v) is 9.39. The average molecular weight is 248 g/mol. The second-order valence-electron chi connectivity index (χ2n) is 3.16. The fourth-order valence-electron chi connectivity index (χ4n) is 1.06. The van der Waals surface area contributed by atoms with Crippen LogP contribution in [0.3, 0.4) is 0 Å². The lowest BCUT2D eigenvalue weighted by Gasteiger charge is -2.20. The molecule has 0 saturated heterocycles. The first-order valence-corrected chi connectivity index (χ1v) is 5.04. The molecule has 0 bridgehead atoms. The molecule has 3 nitrogen and oxygen atoms in total. The summed E-state index contributed by atoms with van der Waals surface area (Å²) in [7, 11) is 0. The molecule has 1 aromatic heterocycles. The van der Waals surface area contributed by atoms with Crippen LogP contribution in [0.1, 0.15) is 19.6 Å². The van der Waals surface area contributed by atoms with E-state index >= 15 is 0 Å². The van der Waals surface area contributed by atoms with E-state index in [1.165, 1.54) is 0 Å². The highest BCUT2D eigenvalue weighted by Crippen LogP contribution is 2.24. The summed E-state index contributed by atoms with van der Waals surface area (Å²) in [5, 5.41) is 13.0. The molecule has 0 aliphatic heterocycles. The summed E-state index contributed by atoms with van der Waals surface area (Å²) in [5.74, 6) is 0.570. The number of aliphatic hydroxyl groups is 1. The van der Waals surface area contributed by atoms with Gasteiger partial charge >= 0.3 is 0 Å². The molecule has 4 heteroatoms. The topological polar surface area (TPSA) is 45.4 Å². The molecule has 1 unspecified atom stereocenters. The van der Waals surface area contributed by atoms with Gasteiger partial charge in [-0.2, -0.15) is 0 Å². The SMILES string of the molecule is CCNCC(C)(O)c1ccc(Br)o1. The lowest BCUT2D eigenvalue weighted by Crippen LogP contribution is -2.34. The highest BCUT2D eigenvalue weighted by atomic mass is 79.9. The molecule has 0 aromatic carbocycles. The Morgan fingerprint density at radius 2 is 2.31 bits per heavy atom. The Hall–Kier alpha value is -0.320. The maximum atomic E-state index is 9.95. The molecule has 1 aromatic rings. The molecule has 0 amide bonds. The first kappa shape index (κ1) is 10.8. The third kappa shape index (κ3) is 2.83. The number of rotatable bonds is 4. The zero-order chi connectivity index (χ0) is 9.90. The summed E-state index contributed by atoms with van der Waals surface area (Å²) in [6, 6.07) is 3.54. The van der Waals surface area contributed by atoms with Crippen molar-refractivity contribution in [2.45, 2.75) is 19.4 Å². The van der Waals surface area contributed by atoms with Gasteiger partial charge in [-0.1, -0.05) is 6.92 Å². The molecule has 13 heavy (non-hydrogen) atoms. The third-order valence-electron chi connectivity index (χ3n) is 1.82. The van der Waals surface area contributed by atoms with Crippen LogP contribution in [0.5, 0.6) is 0 Å². The van der Waals surface area contributed by atoms with Crippen molar-refractivity contribution < 1.29 is 9.52 Å². The smallest absolute Gasteiger partial charge is 0.169 e. The van der Waals surface area contributed by atoms with Crippen LogP contribution in [0.4, 0.5) is 0 Å². The quantitative estimate of drug-likeness (QED) is 0.854. The van der Waals surface area contributed by atoms with Gasteiger partial charge < -0.3 is 14.8 Å². The third-order valence-corrected chi connectivity index (χ3v) is 2.25. The predicted molar refractivity (Wildman–Crippen MR) is 54.5 cm³/mol. The van der Waals surface area contributed by atoms with Gasteiger partial charge in [0.05, 0.1) is 0 Å². The van der Waals surface area contributed by atoms with E-state index in [9.17, 15) is 5.11 Å². The molecule has 0 fully saturated rings. The predicted octanol–water partition coefficient (Wildman–Crippen LogP) is 1.86. The van der Waals surface area contributed by atoms with Crippen molar-refractivity contribution >= 4 is 15.9 Å². The Bertz CT molecular complexity index is 270. The molecule has 0 aliphatic carbocycles. The van der Waals surface area contributed by atoms with Gasteiger partial charge in [-0.15, -0.1) is 0 Å². The average Bonchev–Trinajstić information content (AvgIpc) is 2.49. The Kier molecular flexibility index (Phi) is 3.53. The summed E-state index contributed by atoms with van der Waals surface area (Å²) in [5.41, 5.74) is -0.942. The summed E-state index contributed by atoms with van der Waals surface area (Å²) in [6.07, 6.45) is 0. The molecule has 74 valence electrons. The van der Waals surface area contributed by atoms with E-state index in [4.69, 9.17) is 4.42 Å². The summed E-state index contributed by atoms with van der Waals surface area (Å²) in [6.45, 7) is 5.04. The van der Waals surface area contributed by atoms with Crippen molar-refractivity contribution in [3.8, 4) is 0 Å². The van der Waals surface area contributed by atoms with Gasteiger partial charge in [0.25, 0.3) is 0 Å². The molecule has 2 N–H and O–H groups in total. The molecule has 0 radical (unpaired) electrons. The van der Waals surface area contributed by atoms with E-state index in [0.29, 0.717) is 17.0 Å². The minimum atomic E-state index is -0.942. The van der Waals surface area contributed by atoms with Gasteiger partial charge in [-0.25, -0.2) is 0 Å². The van der Waals surface area contributed by atoms with Gasteiger partial charge in [-0.3, -0.25) is 0 Å². The summed E-state index contributed by atoms with van der Waals surface area (Å²) in [4.78, 5) is 0. The van der Waals surface area contributed by atoms with E-state index in [0.717, 1.165) is 6.54 Å². The Balaban J connectivity index is 2.68. The van der Waals surface area contributed by atoms with Gasteiger partial charge in [0.1, 0.15) is 11.4 Å². The second-order valence-corrected chi connectivity index (χ2v) is 3.94. The lowest BCUT2D eigenvalue weighted by atomic mass is 10.0. The van der Waals surface area contributed by atoms with E-state index in [1.807, 2.05) is 6.92 Å². The maximum absolute atomic E-state index is 9.95. The van der Waals surface area contributed by atoms with Crippen LogP contribution in [0.2, 0.25) is 0 Å². The molecular weight excluding hydrogens is 234 g/mol. The number of nitrogens with one attached hydrogen (secondary N) is 1. The standard InChI is InChI=1S/C9H14BrNO2/c1-3-11-6-9(2,12)7-4-5-8(10)13-7/h4-5,11-12H,3,6H2,1-2H3. The lowest BCUT2D eigenvalue weighted by molar-refractivity contribution is 0.0340. The number of hydrogen-bond donors (Lipinski definition) is 2. The molecule has 0 aliphatic rings. The molecule has 1 rings (SSSR count). The van der Waals surface area contributed by atoms with Crippen LogP contribution < -0.4 is 5.32 Å². The van der Waals surface area contributed by atoms with Crippen molar-refractivity contribution in [2.75, 3.05) is 13.1 Å². The van der Waals surface area contributed by atoms with Crippen molar-refractivity contribution in [1.29, 1.82) is 0 Å². The van der Waals surface area contributed by atoms with Crippen molar-refractivity contribution in [3.63, 3.8) is 0 Å². The van der Waals surface area contributed by atoms with Crippen molar-refractivity contribution in [1.82, 2.24) is 5.32 Å². The highest BCUT2D eigenvalue weighted by molar-refractivity contribution is 9.10. The van der Waals surface area contributed by atoms with E-state index in [2.05, 4.69) is 21.2 Å². The van der Waals surface area contributed by atoms with E-state index in [1.54, 1.807) is 19.1 Å². The van der Waals surface area contributed by atoms with Crippen LogP contribution >= 0.6 is 15.9 Å². The number of furan rings is 1. The molecule has 1 atom stereocenters. The van der Waals surface area contributed by atoms with Crippen molar-refractivity contribution in [2.24, 2.45) is 0 Å². The molecular formula is C9H14BrNO2. The van der Waals surface area contributed by atoms with Crippen LogP contribution in [0, 0.1) is 0 Å². The number of halogens is 1. The molecule has 1 heterocycles. The van der Waals surface area contributed by atoms with E-state index < -0.39 is 5.60 Å². The van der Waals surface area contributed by atoms with Crippen LogP contribution in [-0.2, 0) is 5.60 Å². The minimum absolute atomic E-state index is 0.490. The Morgan fingerprint density at radius 1 is 1.62 bits per heavy atom. The summed E-state index contributed by atoms with van der Waals surface area (Å²) < 4.78 is 5.91. The zero-order valence-electron chi connectivity index (χ0n) is 7.80. The Morgan fingerprint density at radius 3 is 2.77 bits per heavy atom. The minimum Gasteiger partial charge on any atom is -0.451 e. The van der Waals surface area contributed by atoms with Gasteiger partial charge in [0, 0.05) is 6.54 Å². The monoisotopic (exact) mass is 247 g/mol. The van der Waals surface area contributed by atoms with Crippen LogP contribution in [-0.4, -0.2) is 18.2 Å². The highest BCUT2D eigenvalue weighted by Gasteiger charge is 2.25. The Labute approximate surface area is 86.3 Å². The fourth-order valence-corrected chi connectivity index (χ4v) is 1.37. The fraction of sp³-hybridized carbons (Fsp3) is 0.556. The number of likely N-dealkylation sites (N-methyl/N-ethyl adjacent to an activating group) is 1. The van der Waals surface area contributed by atoms with Crippen LogP contribution in [0.15, 0.2) is 21.2 Å². The number of hydrogen-bond acceptors (Lipinski definition) is 3. The summed E-state index contributed by atoms with van der Waals surface area (Å²) >= 11 is 3.19. The normalized spacial score (nSPS) is 15.7.